The van der Waals surface area contributed by atoms with E-state index in [4.69, 9.17) is 16.3 Å². The number of nitrogens with zero attached hydrogens (tertiary/aromatic N) is 4. The van der Waals surface area contributed by atoms with Crippen molar-refractivity contribution in [3.8, 4) is 5.75 Å². The van der Waals surface area contributed by atoms with E-state index in [1.807, 2.05) is 12.1 Å². The molecule has 1 N–H and O–H groups in total. The van der Waals surface area contributed by atoms with Crippen LogP contribution in [0.25, 0.3) is 0 Å². The number of carbonyl (C=O) groups excluding carboxylic acids is 2. The average molecular weight is 428 g/mol. The molecule has 9 nitrogen and oxygen atoms in total. The van der Waals surface area contributed by atoms with Crippen molar-refractivity contribution >= 4 is 29.2 Å². The molecule has 30 heavy (non-hydrogen) atoms. The average Bonchev–Trinajstić information content (AvgIpc) is 3.22. The first-order valence-corrected chi connectivity index (χ1v) is 9.50. The van der Waals surface area contributed by atoms with Gasteiger partial charge in [0.05, 0.1) is 13.7 Å². The number of halogens is 1. The summed E-state index contributed by atoms with van der Waals surface area (Å²) in [6.45, 7) is 0.0702. The van der Waals surface area contributed by atoms with Crippen LogP contribution in [0.1, 0.15) is 11.4 Å². The van der Waals surface area contributed by atoms with Crippen LogP contribution in [0.5, 0.6) is 5.75 Å². The molecule has 1 aromatic heterocycles. The molecule has 0 radical (unpaired) electrons. The highest BCUT2D eigenvalue weighted by molar-refractivity contribution is 6.30. The number of aromatic nitrogens is 3. The largest absolute Gasteiger partial charge is 0.497 e. The number of rotatable bonds is 6. The van der Waals surface area contributed by atoms with Crippen molar-refractivity contribution in [2.75, 3.05) is 12.0 Å². The Labute approximate surface area is 176 Å². The van der Waals surface area contributed by atoms with Crippen LogP contribution in [0.3, 0.4) is 0 Å². The Kier molecular flexibility index (Phi) is 5.28. The molecule has 1 aliphatic rings. The van der Waals surface area contributed by atoms with Crippen LogP contribution >= 0.6 is 11.6 Å². The molecule has 2 heterocycles. The molecule has 0 aliphatic carbocycles. The Balaban J connectivity index is 1.48. The number of methoxy groups -OCH3 is 1. The Bertz CT molecular complexity index is 1170. The van der Waals surface area contributed by atoms with Crippen LogP contribution in [0, 0.1) is 0 Å². The lowest BCUT2D eigenvalue weighted by molar-refractivity contribution is -0.122. The van der Waals surface area contributed by atoms with E-state index in [9.17, 15) is 14.4 Å². The molecule has 0 saturated heterocycles. The molecule has 3 aromatic rings. The summed E-state index contributed by atoms with van der Waals surface area (Å²) in [5, 5.41) is 3.28. The highest BCUT2D eigenvalue weighted by Crippen LogP contribution is 2.24. The minimum Gasteiger partial charge on any atom is -0.497 e. The molecule has 2 amide bonds. The molecule has 10 heteroatoms. The molecule has 0 spiro atoms. The van der Waals surface area contributed by atoms with Gasteiger partial charge in [-0.25, -0.2) is 14.3 Å². The fourth-order valence-corrected chi connectivity index (χ4v) is 3.34. The molecule has 2 aromatic carbocycles. The van der Waals surface area contributed by atoms with Crippen molar-refractivity contribution in [2.24, 2.45) is 0 Å². The minimum atomic E-state index is -0.648. The van der Waals surface area contributed by atoms with Gasteiger partial charge < -0.3 is 10.1 Å². The van der Waals surface area contributed by atoms with Gasteiger partial charge in [-0.1, -0.05) is 23.7 Å². The van der Waals surface area contributed by atoms with E-state index in [2.05, 4.69) is 10.3 Å². The molecule has 0 unspecified atom stereocenters. The third kappa shape index (κ3) is 3.79. The second-order valence-corrected chi connectivity index (χ2v) is 7.09. The summed E-state index contributed by atoms with van der Waals surface area (Å²) in [6.07, 6.45) is 0. The second kappa shape index (κ2) is 8.03. The molecular weight excluding hydrogens is 410 g/mol. The number of hydrogen-bond donors (Lipinski definition) is 1. The maximum atomic E-state index is 12.9. The van der Waals surface area contributed by atoms with E-state index in [1.54, 1.807) is 43.5 Å². The van der Waals surface area contributed by atoms with Crippen molar-refractivity contribution < 1.29 is 14.3 Å². The molecule has 0 fully saturated rings. The number of anilines is 1. The molecule has 4 rings (SSSR count). The third-order valence-corrected chi connectivity index (χ3v) is 4.95. The highest BCUT2D eigenvalue weighted by atomic mass is 35.5. The molecule has 1 aliphatic heterocycles. The van der Waals surface area contributed by atoms with Crippen molar-refractivity contribution in [1.82, 2.24) is 19.7 Å². The molecular formula is C20H18ClN5O4. The Hall–Kier alpha value is -3.59. The topological polar surface area (TPSA) is 98.5 Å². The number of carbonyl (C=O) groups is 2. The van der Waals surface area contributed by atoms with Crippen molar-refractivity contribution in [3.63, 3.8) is 0 Å². The summed E-state index contributed by atoms with van der Waals surface area (Å²) in [4.78, 5) is 42.9. The van der Waals surface area contributed by atoms with E-state index in [0.717, 1.165) is 14.9 Å². The quantitative estimate of drug-likeness (QED) is 0.648. The summed E-state index contributed by atoms with van der Waals surface area (Å²) in [6, 6.07) is 13.6. The lowest BCUT2D eigenvalue weighted by Crippen LogP contribution is -2.38. The van der Waals surface area contributed by atoms with Gasteiger partial charge in [-0.15, -0.1) is 0 Å². The van der Waals surface area contributed by atoms with E-state index >= 15 is 0 Å². The lowest BCUT2D eigenvalue weighted by atomic mass is 10.2. The molecule has 0 atom stereocenters. The van der Waals surface area contributed by atoms with Gasteiger partial charge in [0.25, 0.3) is 0 Å². The fraction of sp³-hybridized carbons (Fsp3) is 0.200. The van der Waals surface area contributed by atoms with Crippen molar-refractivity contribution in [2.45, 2.75) is 19.6 Å². The van der Waals surface area contributed by atoms with Crippen LogP contribution in [-0.4, -0.2) is 33.4 Å². The number of ether oxygens (including phenoxy) is 1. The predicted molar refractivity (Wildman–Crippen MR) is 110 cm³/mol. The van der Waals surface area contributed by atoms with E-state index in [-0.39, 0.29) is 25.5 Å². The molecule has 0 bridgehead atoms. The highest BCUT2D eigenvalue weighted by Gasteiger charge is 2.33. The third-order valence-electron chi connectivity index (χ3n) is 4.70. The Morgan fingerprint density at radius 3 is 2.70 bits per heavy atom. The van der Waals surface area contributed by atoms with Gasteiger partial charge in [0.2, 0.25) is 5.91 Å². The lowest BCUT2D eigenvalue weighted by Gasteiger charge is -2.15. The fourth-order valence-electron chi connectivity index (χ4n) is 3.22. The zero-order valence-corrected chi connectivity index (χ0v) is 16.8. The van der Waals surface area contributed by atoms with Crippen LogP contribution in [0.15, 0.2) is 53.3 Å². The minimum absolute atomic E-state index is 0.133. The van der Waals surface area contributed by atoms with Crippen LogP contribution < -0.4 is 20.6 Å². The van der Waals surface area contributed by atoms with Gasteiger partial charge in [-0.05, 0) is 42.0 Å². The zero-order valence-electron chi connectivity index (χ0n) is 16.0. The SMILES string of the molecule is COc1cccc(CNC(=O)Cn2c(=O)nc3n2C(=O)N(c2ccc(Cl)cc2)C3)c1. The summed E-state index contributed by atoms with van der Waals surface area (Å²) in [5.41, 5.74) is 0.820. The van der Waals surface area contributed by atoms with E-state index in [0.29, 0.717) is 16.5 Å². The summed E-state index contributed by atoms with van der Waals surface area (Å²) in [7, 11) is 1.56. The summed E-state index contributed by atoms with van der Waals surface area (Å²) >= 11 is 5.90. The van der Waals surface area contributed by atoms with Crippen molar-refractivity contribution in [1.29, 1.82) is 0 Å². The molecule has 154 valence electrons. The number of nitrogens with one attached hydrogen (secondary N) is 1. The Morgan fingerprint density at radius 2 is 1.97 bits per heavy atom. The van der Waals surface area contributed by atoms with E-state index in [1.165, 1.54) is 4.90 Å². The Morgan fingerprint density at radius 1 is 1.20 bits per heavy atom. The van der Waals surface area contributed by atoms with Gasteiger partial charge in [-0.3, -0.25) is 9.69 Å². The maximum Gasteiger partial charge on any atom is 0.365 e. The van der Waals surface area contributed by atoms with Crippen LogP contribution in [-0.2, 0) is 24.4 Å². The number of amides is 2. The number of benzene rings is 2. The maximum absolute atomic E-state index is 12.9. The van der Waals surface area contributed by atoms with Gasteiger partial charge >= 0.3 is 11.7 Å². The zero-order chi connectivity index (χ0) is 21.3. The van der Waals surface area contributed by atoms with Gasteiger partial charge in [0.1, 0.15) is 12.3 Å². The first-order chi connectivity index (χ1) is 14.5. The van der Waals surface area contributed by atoms with Gasteiger partial charge in [-0.2, -0.15) is 9.67 Å². The monoisotopic (exact) mass is 427 g/mol. The normalized spacial score (nSPS) is 12.7. The summed E-state index contributed by atoms with van der Waals surface area (Å²) in [5.74, 6) is 0.542. The molecule has 0 saturated carbocycles. The first-order valence-electron chi connectivity index (χ1n) is 9.12. The van der Waals surface area contributed by atoms with Gasteiger partial charge in [0.15, 0.2) is 5.82 Å². The standard InChI is InChI=1S/C20H18ClN5O4/c1-30-16-4-2-3-13(9-16)10-22-18(27)12-25-19(28)23-17-11-24(20(29)26(17)25)15-7-5-14(21)6-8-15/h2-9H,10-12H2,1H3,(H,22,27). The van der Waals surface area contributed by atoms with Gasteiger partial charge in [0, 0.05) is 17.3 Å². The van der Waals surface area contributed by atoms with Crippen LogP contribution in [0.4, 0.5) is 10.5 Å². The number of fused-ring (bicyclic) bond motifs is 1. The first kappa shape index (κ1) is 19.7. The predicted octanol–water partition coefficient (Wildman–Crippen LogP) is 2.01. The number of hydrogen-bond acceptors (Lipinski definition) is 5. The van der Waals surface area contributed by atoms with E-state index < -0.39 is 17.6 Å². The second-order valence-electron chi connectivity index (χ2n) is 6.65. The summed E-state index contributed by atoms with van der Waals surface area (Å²) < 4.78 is 7.34. The smallest absolute Gasteiger partial charge is 0.365 e. The van der Waals surface area contributed by atoms with Crippen LogP contribution in [0.2, 0.25) is 5.02 Å². The van der Waals surface area contributed by atoms with Crippen molar-refractivity contribution in [3.05, 3.63) is 75.4 Å².